The van der Waals surface area contributed by atoms with Gasteiger partial charge in [0.2, 0.25) is 0 Å². The van der Waals surface area contributed by atoms with Crippen LogP contribution in [0.25, 0.3) is 0 Å². The third kappa shape index (κ3) is 3.92. The van der Waals surface area contributed by atoms with E-state index < -0.39 is 16.9 Å². The molecular weight excluding hydrogens is 380 g/mol. The Labute approximate surface area is 159 Å². The maximum Gasteiger partial charge on any atom is 0.312 e. The summed E-state index contributed by atoms with van der Waals surface area (Å²) in [7, 11) is 0. The molecule has 1 aromatic carbocycles. The topological polar surface area (TPSA) is 119 Å². The summed E-state index contributed by atoms with van der Waals surface area (Å²) < 4.78 is 1.29. The number of rotatable bonds is 4. The van der Waals surface area contributed by atoms with Crippen LogP contribution < -0.4 is 16.2 Å². The quantitative estimate of drug-likeness (QED) is 0.462. The zero-order valence-corrected chi connectivity index (χ0v) is 15.8. The van der Waals surface area contributed by atoms with Crippen molar-refractivity contribution in [3.63, 3.8) is 0 Å². The smallest absolute Gasteiger partial charge is 0.312 e. The number of halogens is 1. The van der Waals surface area contributed by atoms with Gasteiger partial charge in [-0.3, -0.25) is 25.0 Å². The van der Waals surface area contributed by atoms with Gasteiger partial charge < -0.3 is 5.73 Å². The van der Waals surface area contributed by atoms with E-state index >= 15 is 0 Å². The number of anilines is 1. The van der Waals surface area contributed by atoms with Gasteiger partial charge in [0.25, 0.3) is 5.91 Å². The van der Waals surface area contributed by atoms with E-state index in [2.05, 4.69) is 10.5 Å². The van der Waals surface area contributed by atoms with Gasteiger partial charge in [0.1, 0.15) is 17.4 Å². The second-order valence-corrected chi connectivity index (χ2v) is 6.38. The van der Waals surface area contributed by atoms with Crippen molar-refractivity contribution < 1.29 is 9.72 Å². The summed E-state index contributed by atoms with van der Waals surface area (Å²) in [5.74, 6) is -0.492. The van der Waals surface area contributed by atoms with Crippen LogP contribution in [0.2, 0.25) is 5.02 Å². The average molecular weight is 397 g/mol. The normalized spacial score (nSPS) is 11.7. The predicted molar refractivity (Wildman–Crippen MR) is 102 cm³/mol. The molecule has 1 atom stereocenters. The molecule has 2 aromatic rings. The molecule has 0 bridgehead atoms. The number of hydrazine groups is 1. The number of benzene rings is 1. The molecule has 26 heavy (non-hydrogen) atoms. The van der Waals surface area contributed by atoms with E-state index in [0.29, 0.717) is 10.7 Å². The third-order valence-corrected chi connectivity index (χ3v) is 4.18. The second-order valence-electron chi connectivity index (χ2n) is 5.52. The standard InChI is InChI=1S/C15H17ClN6O3S/c1-8-13(22(24)25)9(2)20(18-8)10(3)14(23)19-21(15(17)26)12-6-4-11(16)5-7-12/h4-7,10H,1-3H3,(H2,17,26)(H,19,23). The molecule has 1 heterocycles. The Morgan fingerprint density at radius 1 is 1.42 bits per heavy atom. The SMILES string of the molecule is Cc1nn(C(C)C(=O)NN(C(N)=S)c2ccc(Cl)cc2)c(C)c1[N+](=O)[O-]. The Morgan fingerprint density at radius 3 is 2.46 bits per heavy atom. The van der Waals surface area contributed by atoms with Crippen LogP contribution in [0, 0.1) is 24.0 Å². The molecule has 2 rings (SSSR count). The van der Waals surface area contributed by atoms with E-state index in [9.17, 15) is 14.9 Å². The van der Waals surface area contributed by atoms with E-state index in [0.717, 1.165) is 0 Å². The number of nitrogens with zero attached hydrogens (tertiary/aromatic N) is 4. The highest BCUT2D eigenvalue weighted by molar-refractivity contribution is 7.80. The molecule has 11 heteroatoms. The number of carbonyl (C=O) groups excluding carboxylic acids is 1. The summed E-state index contributed by atoms with van der Waals surface area (Å²) in [6.07, 6.45) is 0. The fourth-order valence-corrected chi connectivity index (χ4v) is 2.72. The minimum atomic E-state index is -0.827. The number of hydrogen-bond acceptors (Lipinski definition) is 5. The lowest BCUT2D eigenvalue weighted by molar-refractivity contribution is -0.386. The van der Waals surface area contributed by atoms with E-state index in [1.54, 1.807) is 31.2 Å². The molecule has 1 amide bonds. The number of nitrogens with one attached hydrogen (secondary N) is 1. The van der Waals surface area contributed by atoms with E-state index in [4.69, 9.17) is 29.6 Å². The van der Waals surface area contributed by atoms with Crippen molar-refractivity contribution in [2.24, 2.45) is 5.73 Å². The maximum absolute atomic E-state index is 12.6. The lowest BCUT2D eigenvalue weighted by Gasteiger charge is -2.25. The molecule has 0 aliphatic carbocycles. The number of nitro groups is 1. The molecule has 0 aliphatic heterocycles. The van der Waals surface area contributed by atoms with Crippen molar-refractivity contribution in [3.05, 3.63) is 50.8 Å². The Kier molecular flexibility index (Phi) is 5.78. The summed E-state index contributed by atoms with van der Waals surface area (Å²) >= 11 is 10.8. The summed E-state index contributed by atoms with van der Waals surface area (Å²) in [6.45, 7) is 4.62. The van der Waals surface area contributed by atoms with Crippen LogP contribution in [0.3, 0.4) is 0 Å². The average Bonchev–Trinajstić information content (AvgIpc) is 2.87. The van der Waals surface area contributed by atoms with Gasteiger partial charge in [0.15, 0.2) is 5.11 Å². The van der Waals surface area contributed by atoms with Crippen LogP contribution in [0.15, 0.2) is 24.3 Å². The molecule has 0 saturated heterocycles. The fourth-order valence-electron chi connectivity index (χ4n) is 2.45. The minimum Gasteiger partial charge on any atom is -0.374 e. The van der Waals surface area contributed by atoms with Gasteiger partial charge in [0, 0.05) is 5.02 Å². The Balaban J connectivity index is 2.27. The molecule has 0 fully saturated rings. The van der Waals surface area contributed by atoms with Crippen molar-refractivity contribution in [1.82, 2.24) is 15.2 Å². The molecule has 0 spiro atoms. The molecule has 1 aromatic heterocycles. The molecule has 0 aliphatic rings. The summed E-state index contributed by atoms with van der Waals surface area (Å²) in [5.41, 5.74) is 9.19. The van der Waals surface area contributed by atoms with Crippen LogP contribution in [-0.2, 0) is 4.79 Å². The van der Waals surface area contributed by atoms with Crippen molar-refractivity contribution in [3.8, 4) is 0 Å². The number of thiocarbonyl (C=S) groups is 1. The summed E-state index contributed by atoms with van der Waals surface area (Å²) in [6, 6.07) is 5.71. The second kappa shape index (κ2) is 7.67. The first kappa shape index (κ1) is 19.6. The van der Waals surface area contributed by atoms with Crippen molar-refractivity contribution in [2.45, 2.75) is 26.8 Å². The van der Waals surface area contributed by atoms with E-state index in [1.165, 1.54) is 23.5 Å². The number of nitrogens with two attached hydrogens (primary N) is 1. The zero-order valence-electron chi connectivity index (χ0n) is 14.3. The van der Waals surface area contributed by atoms with Gasteiger partial charge in [-0.15, -0.1) is 0 Å². The number of carbonyl (C=O) groups is 1. The fraction of sp³-hybridized carbons (Fsp3) is 0.267. The monoisotopic (exact) mass is 396 g/mol. The predicted octanol–water partition coefficient (Wildman–Crippen LogP) is 2.40. The Hall–Kier alpha value is -2.72. The van der Waals surface area contributed by atoms with Gasteiger partial charge in [-0.1, -0.05) is 11.6 Å². The van der Waals surface area contributed by atoms with Gasteiger partial charge in [0.05, 0.1) is 10.6 Å². The van der Waals surface area contributed by atoms with Crippen LogP contribution >= 0.6 is 23.8 Å². The van der Waals surface area contributed by atoms with Crippen molar-refractivity contribution in [1.29, 1.82) is 0 Å². The van der Waals surface area contributed by atoms with Crippen LogP contribution in [0.4, 0.5) is 11.4 Å². The van der Waals surface area contributed by atoms with E-state index in [-0.39, 0.29) is 22.2 Å². The molecule has 3 N–H and O–H groups in total. The van der Waals surface area contributed by atoms with Gasteiger partial charge in [-0.2, -0.15) is 5.10 Å². The molecule has 0 saturated carbocycles. The minimum absolute atomic E-state index is 0.0766. The first-order valence-corrected chi connectivity index (χ1v) is 8.27. The van der Waals surface area contributed by atoms with Crippen molar-refractivity contribution >= 4 is 46.2 Å². The number of amides is 1. The number of hydrogen-bond donors (Lipinski definition) is 2. The Morgan fingerprint density at radius 2 is 2.00 bits per heavy atom. The highest BCUT2D eigenvalue weighted by Crippen LogP contribution is 2.25. The first-order chi connectivity index (χ1) is 12.1. The molecule has 9 nitrogen and oxygen atoms in total. The maximum atomic E-state index is 12.6. The third-order valence-electron chi connectivity index (χ3n) is 3.74. The van der Waals surface area contributed by atoms with Crippen LogP contribution in [-0.4, -0.2) is 25.7 Å². The molecule has 0 radical (unpaired) electrons. The largest absolute Gasteiger partial charge is 0.374 e. The highest BCUT2D eigenvalue weighted by Gasteiger charge is 2.28. The summed E-state index contributed by atoms with van der Waals surface area (Å²) in [5, 5.41) is 16.9. The van der Waals surface area contributed by atoms with Crippen LogP contribution in [0.1, 0.15) is 24.4 Å². The lowest BCUT2D eigenvalue weighted by atomic mass is 10.3. The zero-order chi connectivity index (χ0) is 19.6. The molecular formula is C15H17ClN6O3S. The van der Waals surface area contributed by atoms with Gasteiger partial charge in [-0.05, 0) is 57.3 Å². The van der Waals surface area contributed by atoms with Crippen LogP contribution in [0.5, 0.6) is 0 Å². The Bertz CT molecular complexity index is 867. The molecule has 138 valence electrons. The first-order valence-electron chi connectivity index (χ1n) is 7.49. The summed E-state index contributed by atoms with van der Waals surface area (Å²) in [4.78, 5) is 23.2. The molecule has 1 unspecified atom stereocenters. The van der Waals surface area contributed by atoms with Gasteiger partial charge >= 0.3 is 5.69 Å². The van der Waals surface area contributed by atoms with E-state index in [1.807, 2.05) is 0 Å². The number of aromatic nitrogens is 2. The van der Waals surface area contributed by atoms with Gasteiger partial charge in [-0.25, -0.2) is 5.01 Å². The number of aryl methyl sites for hydroxylation is 1. The lowest BCUT2D eigenvalue weighted by Crippen LogP contribution is -2.51. The van der Waals surface area contributed by atoms with Crippen molar-refractivity contribution in [2.75, 3.05) is 5.01 Å². The highest BCUT2D eigenvalue weighted by atomic mass is 35.5.